The Balaban J connectivity index is 2.09. The minimum atomic E-state index is -3.70. The maximum atomic E-state index is 12.0. The summed E-state index contributed by atoms with van der Waals surface area (Å²) in [5, 5.41) is 8.77. The molecule has 0 radical (unpaired) electrons. The van der Waals surface area contributed by atoms with Gasteiger partial charge in [0.05, 0.1) is 17.1 Å². The lowest BCUT2D eigenvalue weighted by Gasteiger charge is -2.11. The Morgan fingerprint density at radius 3 is 2.50 bits per heavy atom. The minimum Gasteiger partial charge on any atom is -0.263 e. The summed E-state index contributed by atoms with van der Waals surface area (Å²) in [7, 11) is -3.70. The van der Waals surface area contributed by atoms with Crippen molar-refractivity contribution in [1.82, 2.24) is 0 Å². The van der Waals surface area contributed by atoms with Crippen LogP contribution in [-0.4, -0.2) is 14.5 Å². The molecule has 1 aromatic carbocycles. The highest BCUT2D eigenvalue weighted by Crippen LogP contribution is 2.29. The van der Waals surface area contributed by atoms with E-state index in [0.717, 1.165) is 5.56 Å². The number of hydrogen-bond acceptors (Lipinski definition) is 4. The molecule has 5 heteroatoms. The first kappa shape index (κ1) is 13.1. The van der Waals surface area contributed by atoms with Crippen molar-refractivity contribution in [3.63, 3.8) is 0 Å². The van der Waals surface area contributed by atoms with Gasteiger partial charge in [0.25, 0.3) is 10.1 Å². The van der Waals surface area contributed by atoms with Crippen molar-refractivity contribution in [3.8, 4) is 6.07 Å². The minimum absolute atomic E-state index is 0.0804. The van der Waals surface area contributed by atoms with E-state index in [4.69, 9.17) is 9.44 Å². The van der Waals surface area contributed by atoms with Gasteiger partial charge in [-0.25, -0.2) is 0 Å². The second-order valence-electron chi connectivity index (χ2n) is 4.62. The van der Waals surface area contributed by atoms with Crippen LogP contribution in [0, 0.1) is 24.2 Å². The number of aryl methyl sites for hydroxylation is 1. The topological polar surface area (TPSA) is 67.2 Å². The molecule has 0 aliphatic heterocycles. The molecule has 0 amide bonds. The maximum absolute atomic E-state index is 12.0. The predicted molar refractivity (Wildman–Crippen MR) is 66.2 cm³/mol. The van der Waals surface area contributed by atoms with E-state index in [1.807, 2.05) is 6.92 Å². The summed E-state index contributed by atoms with van der Waals surface area (Å²) < 4.78 is 29.2. The van der Waals surface area contributed by atoms with E-state index in [2.05, 4.69) is 6.07 Å². The Hall–Kier alpha value is -1.38. The summed E-state index contributed by atoms with van der Waals surface area (Å²) in [5.74, 6) is -0.0804. The van der Waals surface area contributed by atoms with Gasteiger partial charge in [-0.3, -0.25) is 4.18 Å². The first-order chi connectivity index (χ1) is 8.51. The third-order valence-corrected chi connectivity index (χ3v) is 4.51. The third-order valence-electron chi connectivity index (χ3n) is 3.14. The summed E-state index contributed by atoms with van der Waals surface area (Å²) in [4.78, 5) is 0.175. The van der Waals surface area contributed by atoms with Crippen LogP contribution in [0.4, 0.5) is 0 Å². The standard InChI is InChI=1S/C13H15NO3S/c1-10-2-6-13(7-3-10)18(15,16)17-12-5-4-11(8-12)9-14/h2-3,6-7,11-12H,4-5,8H2,1H3/t11-,12-/m1/s1. The molecule has 2 rings (SSSR count). The molecule has 0 spiro atoms. The van der Waals surface area contributed by atoms with Crippen molar-refractivity contribution in [2.45, 2.75) is 37.2 Å². The lowest BCUT2D eigenvalue weighted by molar-refractivity contribution is 0.214. The zero-order valence-electron chi connectivity index (χ0n) is 10.2. The molecule has 1 fully saturated rings. The van der Waals surface area contributed by atoms with Crippen LogP contribution in [0.1, 0.15) is 24.8 Å². The summed E-state index contributed by atoms with van der Waals surface area (Å²) in [6.45, 7) is 1.89. The second kappa shape index (κ2) is 5.09. The van der Waals surface area contributed by atoms with E-state index in [9.17, 15) is 8.42 Å². The molecule has 0 bridgehead atoms. The number of rotatable bonds is 3. The smallest absolute Gasteiger partial charge is 0.263 e. The van der Waals surface area contributed by atoms with Gasteiger partial charge >= 0.3 is 0 Å². The van der Waals surface area contributed by atoms with E-state index in [-0.39, 0.29) is 16.9 Å². The molecule has 0 N–H and O–H groups in total. The Bertz CT molecular complexity index is 557. The van der Waals surface area contributed by atoms with Gasteiger partial charge in [-0.2, -0.15) is 13.7 Å². The highest BCUT2D eigenvalue weighted by Gasteiger charge is 2.30. The lowest BCUT2D eigenvalue weighted by Crippen LogP contribution is -2.16. The van der Waals surface area contributed by atoms with Crippen LogP contribution in [0.25, 0.3) is 0 Å². The first-order valence-electron chi connectivity index (χ1n) is 5.91. The third kappa shape index (κ3) is 2.89. The average molecular weight is 265 g/mol. The zero-order chi connectivity index (χ0) is 13.2. The maximum Gasteiger partial charge on any atom is 0.297 e. The SMILES string of the molecule is Cc1ccc(S(=O)(=O)O[C@@H]2CC[C@@H](C#N)C2)cc1. The molecule has 1 aromatic rings. The van der Waals surface area contributed by atoms with E-state index in [0.29, 0.717) is 19.3 Å². The summed E-state index contributed by atoms with van der Waals surface area (Å²) in [6.07, 6.45) is 1.48. The first-order valence-corrected chi connectivity index (χ1v) is 7.31. The van der Waals surface area contributed by atoms with Crippen LogP contribution in [0.3, 0.4) is 0 Å². The molecule has 0 saturated heterocycles. The van der Waals surface area contributed by atoms with Gasteiger partial charge < -0.3 is 0 Å². The van der Waals surface area contributed by atoms with Crippen molar-refractivity contribution >= 4 is 10.1 Å². The monoisotopic (exact) mass is 265 g/mol. The van der Waals surface area contributed by atoms with E-state index in [1.54, 1.807) is 24.3 Å². The molecular formula is C13H15NO3S. The molecule has 1 saturated carbocycles. The van der Waals surface area contributed by atoms with Crippen LogP contribution >= 0.6 is 0 Å². The van der Waals surface area contributed by atoms with Gasteiger partial charge in [0.1, 0.15) is 0 Å². The summed E-state index contributed by atoms with van der Waals surface area (Å²) in [5.41, 5.74) is 0.999. The molecule has 1 aliphatic carbocycles. The zero-order valence-corrected chi connectivity index (χ0v) is 11.0. The molecule has 0 heterocycles. The van der Waals surface area contributed by atoms with Crippen molar-refractivity contribution in [2.75, 3.05) is 0 Å². The Morgan fingerprint density at radius 2 is 1.94 bits per heavy atom. The van der Waals surface area contributed by atoms with Crippen molar-refractivity contribution in [1.29, 1.82) is 5.26 Å². The number of hydrogen-bond donors (Lipinski definition) is 0. The van der Waals surface area contributed by atoms with E-state index >= 15 is 0 Å². The molecule has 18 heavy (non-hydrogen) atoms. The Morgan fingerprint density at radius 1 is 1.28 bits per heavy atom. The highest BCUT2D eigenvalue weighted by atomic mass is 32.2. The summed E-state index contributed by atoms with van der Waals surface area (Å²) in [6, 6.07) is 8.72. The van der Waals surface area contributed by atoms with Gasteiger partial charge in [-0.05, 0) is 38.3 Å². The highest BCUT2D eigenvalue weighted by molar-refractivity contribution is 7.86. The van der Waals surface area contributed by atoms with Crippen LogP contribution < -0.4 is 0 Å². The van der Waals surface area contributed by atoms with E-state index < -0.39 is 10.1 Å². The average Bonchev–Trinajstić information content (AvgIpc) is 2.76. The largest absolute Gasteiger partial charge is 0.297 e. The van der Waals surface area contributed by atoms with Crippen molar-refractivity contribution in [3.05, 3.63) is 29.8 Å². The van der Waals surface area contributed by atoms with Crippen LogP contribution in [0.15, 0.2) is 29.2 Å². The fourth-order valence-electron chi connectivity index (χ4n) is 2.08. The Labute approximate surface area is 107 Å². The molecule has 4 nitrogen and oxygen atoms in total. The van der Waals surface area contributed by atoms with E-state index in [1.165, 1.54) is 0 Å². The molecule has 2 atom stereocenters. The lowest BCUT2D eigenvalue weighted by atomic mass is 10.1. The van der Waals surface area contributed by atoms with Crippen LogP contribution in [-0.2, 0) is 14.3 Å². The summed E-state index contributed by atoms with van der Waals surface area (Å²) >= 11 is 0. The quantitative estimate of drug-likeness (QED) is 0.787. The van der Waals surface area contributed by atoms with Gasteiger partial charge in [0.2, 0.25) is 0 Å². The second-order valence-corrected chi connectivity index (χ2v) is 6.20. The number of benzene rings is 1. The van der Waals surface area contributed by atoms with Gasteiger partial charge in [-0.15, -0.1) is 0 Å². The normalized spacial score (nSPS) is 23.8. The molecule has 1 aliphatic rings. The van der Waals surface area contributed by atoms with Gasteiger partial charge in [0, 0.05) is 5.92 Å². The molecule has 0 unspecified atom stereocenters. The number of nitrogens with zero attached hydrogens (tertiary/aromatic N) is 1. The van der Waals surface area contributed by atoms with Gasteiger partial charge in [-0.1, -0.05) is 17.7 Å². The molecular weight excluding hydrogens is 250 g/mol. The van der Waals surface area contributed by atoms with Crippen LogP contribution in [0.2, 0.25) is 0 Å². The fraction of sp³-hybridized carbons (Fsp3) is 0.462. The predicted octanol–water partition coefficient (Wildman–Crippen LogP) is 2.39. The van der Waals surface area contributed by atoms with Crippen LogP contribution in [0.5, 0.6) is 0 Å². The molecule has 96 valence electrons. The fourth-order valence-corrected chi connectivity index (χ4v) is 3.20. The Kier molecular flexibility index (Phi) is 3.69. The van der Waals surface area contributed by atoms with Crippen molar-refractivity contribution < 1.29 is 12.6 Å². The molecule has 0 aromatic heterocycles. The number of nitriles is 1. The van der Waals surface area contributed by atoms with Crippen molar-refractivity contribution in [2.24, 2.45) is 5.92 Å². The van der Waals surface area contributed by atoms with Gasteiger partial charge in [0.15, 0.2) is 0 Å².